The Morgan fingerprint density at radius 3 is 2.63 bits per heavy atom. The molecule has 108 valence electrons. The van der Waals surface area contributed by atoms with Gasteiger partial charge in [-0.05, 0) is 31.5 Å². The number of nitrogens with one attached hydrogen (secondary N) is 1. The molecule has 1 atom stereocenters. The Labute approximate surface area is 122 Å². The minimum Gasteiger partial charge on any atom is -0.310 e. The Balaban J connectivity index is 2.88. The molecule has 0 saturated carbocycles. The van der Waals surface area contributed by atoms with Crippen LogP contribution < -0.4 is 5.32 Å². The van der Waals surface area contributed by atoms with E-state index in [-0.39, 0.29) is 17.6 Å². The molecular weight excluding hydrogens is 333 g/mol. The lowest BCUT2D eigenvalue weighted by Gasteiger charge is -2.19. The molecule has 0 radical (unpaired) electrons. The highest BCUT2D eigenvalue weighted by Gasteiger charge is 2.17. The zero-order valence-corrected chi connectivity index (χ0v) is 13.5. The normalized spacial score (nSPS) is 13.5. The van der Waals surface area contributed by atoms with Gasteiger partial charge in [-0.15, -0.1) is 0 Å². The zero-order valence-electron chi connectivity index (χ0n) is 11.1. The van der Waals surface area contributed by atoms with E-state index in [4.69, 9.17) is 0 Å². The van der Waals surface area contributed by atoms with Gasteiger partial charge in [0.05, 0.1) is 5.75 Å². The van der Waals surface area contributed by atoms with E-state index in [0.29, 0.717) is 16.5 Å². The van der Waals surface area contributed by atoms with Crippen molar-refractivity contribution >= 4 is 25.8 Å². The molecule has 0 saturated heterocycles. The summed E-state index contributed by atoms with van der Waals surface area (Å²) in [6, 6.07) is 4.58. The average molecular weight is 352 g/mol. The molecule has 1 rings (SSSR count). The summed E-state index contributed by atoms with van der Waals surface area (Å²) in [6.07, 6.45) is 2.48. The van der Waals surface area contributed by atoms with Crippen LogP contribution in [0.25, 0.3) is 0 Å². The molecule has 0 aliphatic heterocycles. The SMILES string of the molecule is CCCNC(CCS(C)(=O)=O)c1ccc(Br)cc1F. The summed E-state index contributed by atoms with van der Waals surface area (Å²) in [6.45, 7) is 2.74. The summed E-state index contributed by atoms with van der Waals surface area (Å²) in [5, 5.41) is 3.20. The van der Waals surface area contributed by atoms with Gasteiger partial charge in [0.1, 0.15) is 15.7 Å². The van der Waals surface area contributed by atoms with Crippen LogP contribution in [0, 0.1) is 5.82 Å². The molecule has 0 aliphatic rings. The number of hydrogen-bond donors (Lipinski definition) is 1. The maximum absolute atomic E-state index is 13.9. The summed E-state index contributed by atoms with van der Waals surface area (Å²) in [5.74, 6) is -0.277. The van der Waals surface area contributed by atoms with Crippen molar-refractivity contribution in [2.45, 2.75) is 25.8 Å². The maximum Gasteiger partial charge on any atom is 0.147 e. The second kappa shape index (κ2) is 7.36. The van der Waals surface area contributed by atoms with Gasteiger partial charge in [0.2, 0.25) is 0 Å². The predicted molar refractivity (Wildman–Crippen MR) is 79.5 cm³/mol. The van der Waals surface area contributed by atoms with Gasteiger partial charge in [0.25, 0.3) is 0 Å². The van der Waals surface area contributed by atoms with Crippen molar-refractivity contribution in [3.05, 3.63) is 34.1 Å². The second-order valence-electron chi connectivity index (χ2n) is 4.59. The molecule has 0 amide bonds. The number of benzene rings is 1. The number of rotatable bonds is 7. The monoisotopic (exact) mass is 351 g/mol. The molecule has 1 aromatic carbocycles. The highest BCUT2D eigenvalue weighted by atomic mass is 79.9. The smallest absolute Gasteiger partial charge is 0.147 e. The Bertz CT molecular complexity index is 519. The Morgan fingerprint density at radius 1 is 1.42 bits per heavy atom. The summed E-state index contributed by atoms with van der Waals surface area (Å²) in [7, 11) is -3.04. The lowest BCUT2D eigenvalue weighted by Crippen LogP contribution is -2.25. The molecule has 0 aromatic heterocycles. The molecule has 19 heavy (non-hydrogen) atoms. The van der Waals surface area contributed by atoms with Crippen molar-refractivity contribution in [2.24, 2.45) is 0 Å². The molecule has 1 unspecified atom stereocenters. The van der Waals surface area contributed by atoms with E-state index in [2.05, 4.69) is 21.2 Å². The van der Waals surface area contributed by atoms with Gasteiger partial charge in [-0.2, -0.15) is 0 Å². The van der Waals surface area contributed by atoms with E-state index >= 15 is 0 Å². The van der Waals surface area contributed by atoms with Gasteiger partial charge in [-0.25, -0.2) is 12.8 Å². The van der Waals surface area contributed by atoms with Gasteiger partial charge in [-0.3, -0.25) is 0 Å². The highest BCUT2D eigenvalue weighted by molar-refractivity contribution is 9.10. The van der Waals surface area contributed by atoms with Crippen LogP contribution in [0.2, 0.25) is 0 Å². The van der Waals surface area contributed by atoms with Gasteiger partial charge in [-0.1, -0.05) is 28.9 Å². The first kappa shape index (κ1) is 16.6. The molecule has 0 heterocycles. The first-order valence-electron chi connectivity index (χ1n) is 6.19. The number of sulfone groups is 1. The van der Waals surface area contributed by atoms with Crippen molar-refractivity contribution in [3.63, 3.8) is 0 Å². The molecule has 1 aromatic rings. The third kappa shape index (κ3) is 6.01. The van der Waals surface area contributed by atoms with Crippen LogP contribution in [-0.4, -0.2) is 27.0 Å². The van der Waals surface area contributed by atoms with Crippen molar-refractivity contribution in [2.75, 3.05) is 18.6 Å². The lowest BCUT2D eigenvalue weighted by molar-refractivity contribution is 0.486. The van der Waals surface area contributed by atoms with Crippen LogP contribution >= 0.6 is 15.9 Å². The molecule has 0 bridgehead atoms. The van der Waals surface area contributed by atoms with E-state index < -0.39 is 9.84 Å². The first-order chi connectivity index (χ1) is 8.83. The summed E-state index contributed by atoms with van der Waals surface area (Å²) < 4.78 is 37.1. The Hall–Kier alpha value is -0.460. The lowest BCUT2D eigenvalue weighted by atomic mass is 10.0. The third-order valence-corrected chi connectivity index (χ3v) is 4.23. The van der Waals surface area contributed by atoms with Crippen molar-refractivity contribution in [1.29, 1.82) is 0 Å². The number of hydrogen-bond acceptors (Lipinski definition) is 3. The van der Waals surface area contributed by atoms with Gasteiger partial charge < -0.3 is 5.32 Å². The quantitative estimate of drug-likeness (QED) is 0.820. The second-order valence-corrected chi connectivity index (χ2v) is 7.77. The molecule has 0 aliphatic carbocycles. The predicted octanol–water partition coefficient (Wildman–Crippen LogP) is 3.06. The molecule has 6 heteroatoms. The minimum absolute atomic E-state index is 0.0455. The highest BCUT2D eigenvalue weighted by Crippen LogP contribution is 2.23. The molecular formula is C13H19BrFNO2S. The third-order valence-electron chi connectivity index (χ3n) is 2.76. The number of halogens is 2. The van der Waals surface area contributed by atoms with E-state index in [9.17, 15) is 12.8 Å². The fourth-order valence-electron chi connectivity index (χ4n) is 1.80. The van der Waals surface area contributed by atoms with Crippen LogP contribution in [-0.2, 0) is 9.84 Å². The van der Waals surface area contributed by atoms with Crippen molar-refractivity contribution in [1.82, 2.24) is 5.32 Å². The van der Waals surface area contributed by atoms with Gasteiger partial charge in [0, 0.05) is 22.3 Å². The fourth-order valence-corrected chi connectivity index (χ4v) is 2.80. The largest absolute Gasteiger partial charge is 0.310 e. The molecule has 0 spiro atoms. The van der Waals surface area contributed by atoms with E-state index in [0.717, 1.165) is 13.0 Å². The van der Waals surface area contributed by atoms with Crippen molar-refractivity contribution in [3.8, 4) is 0 Å². The van der Waals surface area contributed by atoms with Crippen LogP contribution in [0.1, 0.15) is 31.4 Å². The minimum atomic E-state index is -3.04. The van der Waals surface area contributed by atoms with E-state index in [1.807, 2.05) is 6.92 Å². The van der Waals surface area contributed by atoms with Crippen LogP contribution in [0.5, 0.6) is 0 Å². The molecule has 0 fully saturated rings. The van der Waals surface area contributed by atoms with Crippen molar-refractivity contribution < 1.29 is 12.8 Å². The first-order valence-corrected chi connectivity index (χ1v) is 9.05. The standard InChI is InChI=1S/C13H19BrFNO2S/c1-3-7-16-13(6-8-19(2,17)18)11-5-4-10(14)9-12(11)15/h4-5,9,13,16H,3,6-8H2,1-2H3. The summed E-state index contributed by atoms with van der Waals surface area (Å²) in [5.41, 5.74) is 0.514. The Morgan fingerprint density at radius 2 is 2.11 bits per heavy atom. The fraction of sp³-hybridized carbons (Fsp3) is 0.538. The van der Waals surface area contributed by atoms with Gasteiger partial charge >= 0.3 is 0 Å². The topological polar surface area (TPSA) is 46.2 Å². The molecule has 1 N–H and O–H groups in total. The van der Waals surface area contributed by atoms with Crippen LogP contribution in [0.15, 0.2) is 22.7 Å². The van der Waals surface area contributed by atoms with Crippen LogP contribution in [0.4, 0.5) is 4.39 Å². The summed E-state index contributed by atoms with van der Waals surface area (Å²) in [4.78, 5) is 0. The maximum atomic E-state index is 13.9. The van der Waals surface area contributed by atoms with E-state index in [1.165, 1.54) is 12.3 Å². The van der Waals surface area contributed by atoms with Gasteiger partial charge in [0.15, 0.2) is 0 Å². The Kier molecular flexibility index (Phi) is 6.42. The average Bonchev–Trinajstić information content (AvgIpc) is 2.29. The zero-order chi connectivity index (χ0) is 14.5. The summed E-state index contributed by atoms with van der Waals surface area (Å²) >= 11 is 3.21. The van der Waals surface area contributed by atoms with E-state index in [1.54, 1.807) is 12.1 Å². The molecule has 3 nitrogen and oxygen atoms in total. The van der Waals surface area contributed by atoms with Crippen LogP contribution in [0.3, 0.4) is 0 Å².